The van der Waals surface area contributed by atoms with E-state index in [0.717, 1.165) is 10.5 Å². The van der Waals surface area contributed by atoms with Crippen LogP contribution < -0.4 is 5.32 Å². The lowest BCUT2D eigenvalue weighted by Gasteiger charge is -2.21. The standard InChI is InChI=1S/C14H18N2O5S/c1-16(8-9-4-3-5-10(6-9)22-2)14(21)15-11(13(19)20)7-12(17)18/h3-6,11H,7-8H2,1-2H3,(H,15,21)(H,17,18)(H,19,20)/t11-/m1/s1. The van der Waals surface area contributed by atoms with Gasteiger partial charge in [0.1, 0.15) is 6.04 Å². The van der Waals surface area contributed by atoms with Crippen LogP contribution in [-0.2, 0) is 16.1 Å². The highest BCUT2D eigenvalue weighted by Crippen LogP contribution is 2.16. The van der Waals surface area contributed by atoms with Crippen LogP contribution in [-0.4, -0.2) is 52.4 Å². The molecular formula is C14H18N2O5S. The Morgan fingerprint density at radius 3 is 2.55 bits per heavy atom. The molecule has 0 radical (unpaired) electrons. The second-order valence-corrected chi connectivity index (χ2v) is 5.53. The number of carbonyl (C=O) groups excluding carboxylic acids is 1. The van der Waals surface area contributed by atoms with E-state index in [2.05, 4.69) is 5.32 Å². The average Bonchev–Trinajstić information content (AvgIpc) is 2.46. The van der Waals surface area contributed by atoms with E-state index in [1.54, 1.807) is 11.8 Å². The fraction of sp³-hybridized carbons (Fsp3) is 0.357. The van der Waals surface area contributed by atoms with Crippen LogP contribution in [0, 0.1) is 0 Å². The summed E-state index contributed by atoms with van der Waals surface area (Å²) in [5.41, 5.74) is 0.898. The smallest absolute Gasteiger partial charge is 0.326 e. The van der Waals surface area contributed by atoms with Crippen LogP contribution >= 0.6 is 11.8 Å². The third-order valence-electron chi connectivity index (χ3n) is 2.88. The van der Waals surface area contributed by atoms with Gasteiger partial charge in [0.15, 0.2) is 0 Å². The van der Waals surface area contributed by atoms with Gasteiger partial charge in [-0.25, -0.2) is 9.59 Å². The van der Waals surface area contributed by atoms with Crippen LogP contribution in [0.3, 0.4) is 0 Å². The number of carboxylic acid groups (broad SMARTS) is 2. The molecule has 1 atom stereocenters. The van der Waals surface area contributed by atoms with Gasteiger partial charge in [0.2, 0.25) is 0 Å². The Morgan fingerprint density at radius 1 is 1.32 bits per heavy atom. The molecule has 0 aromatic heterocycles. The van der Waals surface area contributed by atoms with Gasteiger partial charge in [0.25, 0.3) is 0 Å². The van der Waals surface area contributed by atoms with Crippen LogP contribution in [0.5, 0.6) is 0 Å². The maximum Gasteiger partial charge on any atom is 0.326 e. The first-order valence-corrected chi connectivity index (χ1v) is 7.65. The van der Waals surface area contributed by atoms with Gasteiger partial charge in [-0.05, 0) is 24.0 Å². The van der Waals surface area contributed by atoms with Crippen molar-refractivity contribution >= 4 is 29.7 Å². The zero-order valence-corrected chi connectivity index (χ0v) is 13.1. The minimum absolute atomic E-state index is 0.291. The van der Waals surface area contributed by atoms with Crippen molar-refractivity contribution in [1.29, 1.82) is 0 Å². The van der Waals surface area contributed by atoms with Gasteiger partial charge in [0.05, 0.1) is 6.42 Å². The van der Waals surface area contributed by atoms with Gasteiger partial charge < -0.3 is 20.4 Å². The summed E-state index contributed by atoms with van der Waals surface area (Å²) in [6.07, 6.45) is 1.27. The first-order chi connectivity index (χ1) is 10.3. The van der Waals surface area contributed by atoms with Crippen LogP contribution in [0.2, 0.25) is 0 Å². The van der Waals surface area contributed by atoms with Gasteiger partial charge in [-0.2, -0.15) is 0 Å². The molecule has 0 saturated carbocycles. The third-order valence-corrected chi connectivity index (χ3v) is 3.60. The summed E-state index contributed by atoms with van der Waals surface area (Å²) in [6.45, 7) is 0.291. The molecule has 0 spiro atoms. The zero-order valence-electron chi connectivity index (χ0n) is 12.3. The predicted molar refractivity (Wildman–Crippen MR) is 81.9 cm³/mol. The van der Waals surface area contributed by atoms with Crippen molar-refractivity contribution in [3.8, 4) is 0 Å². The lowest BCUT2D eigenvalue weighted by molar-refractivity contribution is -0.145. The number of carboxylic acids is 2. The Kier molecular flexibility index (Phi) is 6.71. The summed E-state index contributed by atoms with van der Waals surface area (Å²) in [5, 5.41) is 19.8. The monoisotopic (exact) mass is 326 g/mol. The molecule has 1 rings (SSSR count). The molecule has 0 saturated heterocycles. The van der Waals surface area contributed by atoms with Crippen molar-refractivity contribution in [2.75, 3.05) is 13.3 Å². The quantitative estimate of drug-likeness (QED) is 0.655. The molecule has 0 aliphatic heterocycles. The Morgan fingerprint density at radius 2 is 2.00 bits per heavy atom. The molecule has 2 amide bonds. The molecule has 0 aliphatic carbocycles. The second-order valence-electron chi connectivity index (χ2n) is 4.65. The molecular weight excluding hydrogens is 308 g/mol. The number of hydrogen-bond donors (Lipinski definition) is 3. The number of aliphatic carboxylic acids is 2. The maximum atomic E-state index is 12.0. The number of carbonyl (C=O) groups is 3. The number of thioether (sulfide) groups is 1. The Balaban J connectivity index is 2.67. The first kappa shape index (κ1) is 17.8. The maximum absolute atomic E-state index is 12.0. The van der Waals surface area contributed by atoms with Crippen LogP contribution in [0.1, 0.15) is 12.0 Å². The molecule has 1 aromatic carbocycles. The Labute approximate surface area is 132 Å². The lowest BCUT2D eigenvalue weighted by Crippen LogP contribution is -2.47. The molecule has 22 heavy (non-hydrogen) atoms. The molecule has 0 aliphatic rings. The summed E-state index contributed by atoms with van der Waals surface area (Å²) >= 11 is 1.58. The Hall–Kier alpha value is -2.22. The van der Waals surface area contributed by atoms with E-state index in [1.165, 1.54) is 11.9 Å². The van der Waals surface area contributed by atoms with E-state index in [-0.39, 0.29) is 0 Å². The molecule has 1 aromatic rings. The summed E-state index contributed by atoms with van der Waals surface area (Å²) in [5.74, 6) is -2.67. The van der Waals surface area contributed by atoms with Crippen molar-refractivity contribution in [2.24, 2.45) is 0 Å². The van der Waals surface area contributed by atoms with Crippen LogP contribution in [0.4, 0.5) is 4.79 Å². The highest BCUT2D eigenvalue weighted by Gasteiger charge is 2.24. The third kappa shape index (κ3) is 5.65. The molecule has 3 N–H and O–H groups in total. The number of amides is 2. The fourth-order valence-electron chi connectivity index (χ4n) is 1.75. The summed E-state index contributed by atoms with van der Waals surface area (Å²) in [7, 11) is 1.51. The van der Waals surface area contributed by atoms with E-state index in [4.69, 9.17) is 10.2 Å². The molecule has 7 nitrogen and oxygen atoms in total. The van der Waals surface area contributed by atoms with E-state index in [1.807, 2.05) is 30.5 Å². The van der Waals surface area contributed by atoms with E-state index < -0.39 is 30.4 Å². The molecule has 0 heterocycles. The zero-order chi connectivity index (χ0) is 16.7. The summed E-state index contributed by atoms with van der Waals surface area (Å²) in [6, 6.07) is 5.52. The highest BCUT2D eigenvalue weighted by molar-refractivity contribution is 7.98. The summed E-state index contributed by atoms with van der Waals surface area (Å²) < 4.78 is 0. The van der Waals surface area contributed by atoms with Crippen molar-refractivity contribution in [1.82, 2.24) is 10.2 Å². The van der Waals surface area contributed by atoms with Crippen molar-refractivity contribution < 1.29 is 24.6 Å². The van der Waals surface area contributed by atoms with Gasteiger partial charge in [-0.1, -0.05) is 12.1 Å². The summed E-state index contributed by atoms with van der Waals surface area (Å²) in [4.78, 5) is 35.8. The molecule has 0 fully saturated rings. The average molecular weight is 326 g/mol. The van der Waals surface area contributed by atoms with Crippen molar-refractivity contribution in [3.05, 3.63) is 29.8 Å². The van der Waals surface area contributed by atoms with E-state index in [9.17, 15) is 14.4 Å². The van der Waals surface area contributed by atoms with Gasteiger partial charge in [0, 0.05) is 18.5 Å². The number of nitrogens with one attached hydrogen (secondary N) is 1. The SMILES string of the molecule is CSc1cccc(CN(C)C(=O)N[C@H](CC(=O)O)C(=O)O)c1. The minimum Gasteiger partial charge on any atom is -0.481 e. The topological polar surface area (TPSA) is 107 Å². The number of rotatable bonds is 7. The molecule has 120 valence electrons. The van der Waals surface area contributed by atoms with Crippen LogP contribution in [0.25, 0.3) is 0 Å². The van der Waals surface area contributed by atoms with Crippen LogP contribution in [0.15, 0.2) is 29.2 Å². The number of urea groups is 1. The Bertz CT molecular complexity index is 564. The molecule has 0 bridgehead atoms. The predicted octanol–water partition coefficient (Wildman–Crippen LogP) is 1.48. The number of nitrogens with zero attached hydrogens (tertiary/aromatic N) is 1. The fourth-order valence-corrected chi connectivity index (χ4v) is 2.23. The molecule has 0 unspecified atom stereocenters. The van der Waals surface area contributed by atoms with E-state index >= 15 is 0 Å². The minimum atomic E-state index is -1.45. The van der Waals surface area contributed by atoms with Crippen molar-refractivity contribution in [2.45, 2.75) is 23.9 Å². The molecule has 8 heteroatoms. The number of hydrogen-bond acceptors (Lipinski definition) is 4. The van der Waals surface area contributed by atoms with Crippen molar-refractivity contribution in [3.63, 3.8) is 0 Å². The normalized spacial score (nSPS) is 11.5. The second kappa shape index (κ2) is 8.28. The van der Waals surface area contributed by atoms with Gasteiger partial charge in [-0.15, -0.1) is 11.8 Å². The first-order valence-electron chi connectivity index (χ1n) is 6.42. The van der Waals surface area contributed by atoms with Gasteiger partial charge >= 0.3 is 18.0 Å². The van der Waals surface area contributed by atoms with Gasteiger partial charge in [-0.3, -0.25) is 4.79 Å². The van der Waals surface area contributed by atoms with E-state index in [0.29, 0.717) is 6.54 Å². The highest BCUT2D eigenvalue weighted by atomic mass is 32.2. The lowest BCUT2D eigenvalue weighted by atomic mass is 10.2. The number of benzene rings is 1. The largest absolute Gasteiger partial charge is 0.481 e.